The number of ether oxygens (including phenoxy) is 1. The van der Waals surface area contributed by atoms with Gasteiger partial charge >= 0.3 is 0 Å². The fraction of sp³-hybridized carbons (Fsp3) is 0.621. The summed E-state index contributed by atoms with van der Waals surface area (Å²) in [5, 5.41) is 4.73. The molecule has 1 aromatic carbocycles. The van der Waals surface area contributed by atoms with Crippen molar-refractivity contribution < 1.29 is 14.3 Å². The Labute approximate surface area is 219 Å². The third-order valence-electron chi connectivity index (χ3n) is 8.55. The summed E-state index contributed by atoms with van der Waals surface area (Å²) in [5.74, 6) is 0.0747. The van der Waals surface area contributed by atoms with E-state index in [1.807, 2.05) is 28.3 Å². The highest BCUT2D eigenvalue weighted by Gasteiger charge is 2.33. The Hall–Kier alpha value is -2.87. The summed E-state index contributed by atoms with van der Waals surface area (Å²) in [4.78, 5) is 33.1. The molecular formula is C29H39N5O3. The molecule has 2 aromatic rings. The van der Waals surface area contributed by atoms with Crippen LogP contribution >= 0.6 is 0 Å². The minimum Gasteiger partial charge on any atom is -0.372 e. The van der Waals surface area contributed by atoms with Gasteiger partial charge in [0, 0.05) is 56.2 Å². The molecule has 198 valence electrons. The number of carbonyl (C=O) groups excluding carboxylic acids is 2. The minimum atomic E-state index is -0.0221. The zero-order valence-corrected chi connectivity index (χ0v) is 22.2. The summed E-state index contributed by atoms with van der Waals surface area (Å²) in [6.07, 6.45) is 7.69. The van der Waals surface area contributed by atoms with Gasteiger partial charge < -0.3 is 19.4 Å². The lowest BCUT2D eigenvalue weighted by Gasteiger charge is -2.38. The lowest BCUT2D eigenvalue weighted by molar-refractivity contribution is -0.132. The number of anilines is 1. The second kappa shape index (κ2) is 10.1. The van der Waals surface area contributed by atoms with E-state index in [4.69, 9.17) is 9.84 Å². The summed E-state index contributed by atoms with van der Waals surface area (Å²) >= 11 is 0. The lowest BCUT2D eigenvalue weighted by atomic mass is 9.90. The molecule has 0 N–H and O–H groups in total. The molecule has 2 saturated heterocycles. The number of carbonyl (C=O) groups is 2. The molecule has 2 fully saturated rings. The Balaban J connectivity index is 1.12. The van der Waals surface area contributed by atoms with Gasteiger partial charge in [-0.3, -0.25) is 14.3 Å². The zero-order valence-electron chi connectivity index (χ0n) is 22.2. The maximum atomic E-state index is 13.4. The summed E-state index contributed by atoms with van der Waals surface area (Å²) in [6, 6.07) is 6.72. The molecule has 3 heterocycles. The van der Waals surface area contributed by atoms with Crippen LogP contribution in [0.2, 0.25) is 0 Å². The summed E-state index contributed by atoms with van der Waals surface area (Å²) in [5.41, 5.74) is 7.04. The van der Waals surface area contributed by atoms with Crippen molar-refractivity contribution in [2.75, 3.05) is 44.2 Å². The first-order chi connectivity index (χ1) is 18.0. The quantitative estimate of drug-likeness (QED) is 0.639. The Morgan fingerprint density at radius 3 is 2.41 bits per heavy atom. The third kappa shape index (κ3) is 4.76. The SMILES string of the molecule is C[C@@H]1CN(C(=O)c2nn(CC(=O)N3CCN(c4cccc5c4CCCC5)CC3)c3c2CCC3)C[C@H](C)O1. The molecule has 2 amide bonds. The molecule has 1 aromatic heterocycles. The number of hydrogen-bond acceptors (Lipinski definition) is 5. The van der Waals surface area contributed by atoms with Crippen molar-refractivity contribution in [1.29, 1.82) is 0 Å². The van der Waals surface area contributed by atoms with E-state index in [1.165, 1.54) is 42.5 Å². The molecule has 0 spiro atoms. The highest BCUT2D eigenvalue weighted by molar-refractivity contribution is 5.94. The first-order valence-electron chi connectivity index (χ1n) is 14.1. The maximum absolute atomic E-state index is 13.4. The predicted octanol–water partition coefficient (Wildman–Crippen LogP) is 2.85. The van der Waals surface area contributed by atoms with Crippen LogP contribution < -0.4 is 4.90 Å². The Morgan fingerprint density at radius 2 is 1.62 bits per heavy atom. The average molecular weight is 506 g/mol. The van der Waals surface area contributed by atoms with E-state index in [2.05, 4.69) is 23.1 Å². The van der Waals surface area contributed by atoms with E-state index in [1.54, 1.807) is 0 Å². The van der Waals surface area contributed by atoms with Crippen LogP contribution in [0.3, 0.4) is 0 Å². The number of hydrogen-bond donors (Lipinski definition) is 0. The second-order valence-electron chi connectivity index (χ2n) is 11.2. The molecule has 6 rings (SSSR count). The summed E-state index contributed by atoms with van der Waals surface area (Å²) in [7, 11) is 0. The van der Waals surface area contributed by atoms with Gasteiger partial charge in [0.15, 0.2) is 5.69 Å². The van der Waals surface area contributed by atoms with Crippen molar-refractivity contribution in [1.82, 2.24) is 19.6 Å². The van der Waals surface area contributed by atoms with Crippen LogP contribution in [0.4, 0.5) is 5.69 Å². The molecule has 37 heavy (non-hydrogen) atoms. The van der Waals surface area contributed by atoms with Gasteiger partial charge in [0.05, 0.1) is 12.2 Å². The average Bonchev–Trinajstić information content (AvgIpc) is 3.51. The number of fused-ring (bicyclic) bond motifs is 2. The molecular weight excluding hydrogens is 466 g/mol. The molecule has 0 unspecified atom stereocenters. The number of morpholine rings is 1. The van der Waals surface area contributed by atoms with E-state index in [0.717, 1.165) is 56.7 Å². The van der Waals surface area contributed by atoms with Gasteiger partial charge in [-0.1, -0.05) is 12.1 Å². The van der Waals surface area contributed by atoms with Crippen LogP contribution in [-0.4, -0.2) is 82.9 Å². The van der Waals surface area contributed by atoms with Crippen molar-refractivity contribution >= 4 is 17.5 Å². The fourth-order valence-electron chi connectivity index (χ4n) is 6.79. The first-order valence-corrected chi connectivity index (χ1v) is 14.1. The highest BCUT2D eigenvalue weighted by Crippen LogP contribution is 2.31. The molecule has 2 aliphatic carbocycles. The highest BCUT2D eigenvalue weighted by atomic mass is 16.5. The number of piperazine rings is 1. The van der Waals surface area contributed by atoms with Crippen molar-refractivity contribution in [3.8, 4) is 0 Å². The van der Waals surface area contributed by atoms with Gasteiger partial charge in [0.2, 0.25) is 5.91 Å². The van der Waals surface area contributed by atoms with Crippen LogP contribution in [0.5, 0.6) is 0 Å². The van der Waals surface area contributed by atoms with Crippen molar-refractivity contribution in [3.63, 3.8) is 0 Å². The second-order valence-corrected chi connectivity index (χ2v) is 11.2. The molecule has 8 nitrogen and oxygen atoms in total. The molecule has 0 radical (unpaired) electrons. The minimum absolute atomic E-state index is 0.0180. The first kappa shape index (κ1) is 24.5. The summed E-state index contributed by atoms with van der Waals surface area (Å²) in [6.45, 7) is 8.55. The number of aryl methyl sites for hydroxylation is 1. The van der Waals surface area contributed by atoms with E-state index in [0.29, 0.717) is 18.8 Å². The Bertz CT molecular complexity index is 1170. The van der Waals surface area contributed by atoms with Crippen molar-refractivity contribution in [3.05, 3.63) is 46.3 Å². The molecule has 4 aliphatic rings. The fourth-order valence-corrected chi connectivity index (χ4v) is 6.79. The number of rotatable bonds is 4. The van der Waals surface area contributed by atoms with E-state index in [-0.39, 0.29) is 30.6 Å². The standard InChI is InChI=1S/C29H39N5O3/c1-20-17-33(18-21(2)37-20)29(36)28-24-10-6-12-26(24)34(30-28)19-27(35)32-15-13-31(14-16-32)25-11-5-8-22-7-3-4-9-23(22)25/h5,8,11,20-21H,3-4,6-7,9-10,12-19H2,1-2H3/t20-,21+. The maximum Gasteiger partial charge on any atom is 0.274 e. The van der Waals surface area contributed by atoms with Gasteiger partial charge in [-0.15, -0.1) is 0 Å². The lowest BCUT2D eigenvalue weighted by Crippen LogP contribution is -2.50. The largest absolute Gasteiger partial charge is 0.372 e. The van der Waals surface area contributed by atoms with Gasteiger partial charge in [0.25, 0.3) is 5.91 Å². The Kier molecular flexibility index (Phi) is 6.69. The molecule has 0 saturated carbocycles. The number of amides is 2. The topological polar surface area (TPSA) is 70.9 Å². The van der Waals surface area contributed by atoms with Gasteiger partial charge in [-0.2, -0.15) is 5.10 Å². The van der Waals surface area contributed by atoms with E-state index >= 15 is 0 Å². The van der Waals surface area contributed by atoms with Crippen molar-refractivity contribution in [2.45, 2.75) is 77.5 Å². The van der Waals surface area contributed by atoms with E-state index < -0.39 is 0 Å². The van der Waals surface area contributed by atoms with Gasteiger partial charge in [0.1, 0.15) is 6.54 Å². The number of aromatic nitrogens is 2. The van der Waals surface area contributed by atoms with Gasteiger partial charge in [-0.05, 0) is 76.0 Å². The summed E-state index contributed by atoms with van der Waals surface area (Å²) < 4.78 is 7.63. The van der Waals surface area contributed by atoms with Gasteiger partial charge in [-0.25, -0.2) is 0 Å². The van der Waals surface area contributed by atoms with Crippen LogP contribution in [0.15, 0.2) is 18.2 Å². The van der Waals surface area contributed by atoms with Crippen LogP contribution in [0.25, 0.3) is 0 Å². The van der Waals surface area contributed by atoms with Crippen LogP contribution in [0.1, 0.15) is 66.0 Å². The van der Waals surface area contributed by atoms with Crippen molar-refractivity contribution in [2.24, 2.45) is 0 Å². The normalized spacial score (nSPS) is 23.7. The zero-order chi connectivity index (χ0) is 25.5. The predicted molar refractivity (Wildman–Crippen MR) is 142 cm³/mol. The third-order valence-corrected chi connectivity index (χ3v) is 8.55. The number of benzene rings is 1. The van der Waals surface area contributed by atoms with Crippen LogP contribution in [-0.2, 0) is 41.8 Å². The Morgan fingerprint density at radius 1 is 0.892 bits per heavy atom. The molecule has 0 bridgehead atoms. The smallest absolute Gasteiger partial charge is 0.274 e. The van der Waals surface area contributed by atoms with E-state index in [9.17, 15) is 9.59 Å². The monoisotopic (exact) mass is 505 g/mol. The van der Waals surface area contributed by atoms with Crippen LogP contribution in [0, 0.1) is 0 Å². The molecule has 2 aliphatic heterocycles. The molecule has 8 heteroatoms. The molecule has 2 atom stereocenters. The number of nitrogens with zero attached hydrogens (tertiary/aromatic N) is 5.